The van der Waals surface area contributed by atoms with E-state index in [-0.39, 0.29) is 43.2 Å². The van der Waals surface area contributed by atoms with E-state index in [1.54, 1.807) is 0 Å². The van der Waals surface area contributed by atoms with Gasteiger partial charge in [-0.25, -0.2) is 0 Å². The molecule has 0 aliphatic carbocycles. The van der Waals surface area contributed by atoms with E-state index < -0.39 is 0 Å². The van der Waals surface area contributed by atoms with Crippen LogP contribution in [0.15, 0.2) is 0 Å². The molecular weight excluding hydrogens is 923 g/mol. The molecule has 328 valence electrons. The fourth-order valence-electron chi connectivity index (χ4n) is 7.31. The van der Waals surface area contributed by atoms with E-state index in [1.165, 1.54) is 193 Å². The van der Waals surface area contributed by atoms with E-state index in [0.717, 1.165) is 52.0 Å². The number of nitrogens with zero attached hydrogens (tertiary/aromatic N) is 2. The summed E-state index contributed by atoms with van der Waals surface area (Å²) in [6.45, 7) is 14.0. The van der Waals surface area contributed by atoms with Crippen molar-refractivity contribution >= 4 is 12.3 Å². The Morgan fingerprint density at radius 2 is 0.946 bits per heavy atom. The van der Waals surface area contributed by atoms with E-state index in [0.29, 0.717) is 26.1 Å². The maximum absolute atomic E-state index is 12.5. The number of carbonyl (C=O) groups is 1. The van der Waals surface area contributed by atoms with Crippen molar-refractivity contribution in [2.75, 3.05) is 65.7 Å². The van der Waals surface area contributed by atoms with Crippen LogP contribution in [0.4, 0.5) is 0 Å². The van der Waals surface area contributed by atoms with Gasteiger partial charge in [-0.3, -0.25) is 17.5 Å². The summed E-state index contributed by atoms with van der Waals surface area (Å²) in [5.74, 6) is -0.108. The SMILES string of the molecule is CCCCCCCCCCCCCCCOC[CH-]C(COCCCCCCCCCCCCCCC)OC(=O)CCCN1CCC1.O=[C-]CCCN1CCC1.[U+2]. The average Bonchev–Trinajstić information content (AvgIpc) is 3.15. The fraction of sp³-hybridized carbons (Fsp3) is 0.938. The molecule has 0 aromatic heterocycles. The first kappa shape index (κ1) is 56.0. The first-order chi connectivity index (χ1) is 27.2. The molecule has 0 N–H and O–H groups in total. The summed E-state index contributed by atoms with van der Waals surface area (Å²) in [5.41, 5.74) is 0. The number of ether oxygens (including phenoxy) is 3. The zero-order chi connectivity index (χ0) is 39.5. The van der Waals surface area contributed by atoms with Crippen molar-refractivity contribution in [2.24, 2.45) is 0 Å². The predicted octanol–water partition coefficient (Wildman–Crippen LogP) is 12.4. The summed E-state index contributed by atoms with van der Waals surface area (Å²) in [6.07, 6.45) is 44.4. The molecule has 0 aromatic carbocycles. The Hall–Kier alpha value is 0.0319. The molecule has 2 rings (SSSR count). The zero-order valence-electron chi connectivity index (χ0n) is 37.3. The maximum atomic E-state index is 12.5. The minimum absolute atomic E-state index is 0. The van der Waals surface area contributed by atoms with Gasteiger partial charge >= 0.3 is 37.1 Å². The molecule has 2 heterocycles. The second-order valence-corrected chi connectivity index (χ2v) is 16.6. The minimum atomic E-state index is -0.315. The van der Waals surface area contributed by atoms with Gasteiger partial charge in [0.05, 0.1) is 6.61 Å². The number of hydrogen-bond acceptors (Lipinski definition) is 7. The van der Waals surface area contributed by atoms with Crippen LogP contribution in [0.1, 0.15) is 219 Å². The monoisotopic (exact) mass is 1010 g/mol. The number of esters is 1. The Balaban J connectivity index is 0.00000264. The van der Waals surface area contributed by atoms with Gasteiger partial charge in [-0.1, -0.05) is 181 Å². The molecule has 0 spiro atoms. The van der Waals surface area contributed by atoms with Crippen molar-refractivity contribution in [1.82, 2.24) is 9.80 Å². The molecule has 2 aliphatic heterocycles. The molecule has 0 aromatic rings. The Morgan fingerprint density at radius 1 is 0.554 bits per heavy atom. The second-order valence-electron chi connectivity index (χ2n) is 16.6. The topological polar surface area (TPSA) is 68.3 Å². The number of hydrogen-bond donors (Lipinski definition) is 0. The van der Waals surface area contributed by atoms with Crippen molar-refractivity contribution < 1.29 is 54.9 Å². The second kappa shape index (κ2) is 46.1. The number of unbranched alkanes of at least 4 members (excludes halogenated alkanes) is 25. The van der Waals surface area contributed by atoms with Crippen LogP contribution >= 0.6 is 0 Å². The zero-order valence-corrected chi connectivity index (χ0v) is 41.5. The molecule has 0 amide bonds. The van der Waals surface area contributed by atoms with Crippen molar-refractivity contribution in [3.63, 3.8) is 0 Å². The van der Waals surface area contributed by atoms with Crippen LogP contribution in [0.5, 0.6) is 0 Å². The molecule has 56 heavy (non-hydrogen) atoms. The standard InChI is InChI=1S/C41H80NO4.C7H12NO.U/c1-3-5-7-9-11-13-15-17-19-21-23-25-27-36-44-38-32-40(46-41(43)31-29-33-42-34-30-35-42)39-45-37-28-26-24-22-20-18-16-14-12-10-8-6-4-2;9-7-2-1-4-8-5-3-6-8;/h32,40H,3-31,33-39H2,1-2H3;1-6H2;/q2*-1;+2. The molecule has 2 saturated heterocycles. The average molecular weight is 1020 g/mol. The third kappa shape index (κ3) is 39.5. The number of likely N-dealkylation sites (tertiary alicyclic amines) is 2. The number of rotatable bonds is 42. The minimum Gasteiger partial charge on any atom is -0.542 e. The van der Waals surface area contributed by atoms with Gasteiger partial charge in [0.15, 0.2) is 0 Å². The van der Waals surface area contributed by atoms with Gasteiger partial charge < -0.3 is 28.8 Å². The van der Waals surface area contributed by atoms with Crippen LogP contribution in [0, 0.1) is 37.5 Å². The third-order valence-electron chi connectivity index (χ3n) is 11.3. The van der Waals surface area contributed by atoms with Crippen LogP contribution in [-0.2, 0) is 23.8 Å². The van der Waals surface area contributed by atoms with Crippen LogP contribution in [-0.4, -0.2) is 93.9 Å². The molecule has 0 radical (unpaired) electrons. The van der Waals surface area contributed by atoms with Crippen LogP contribution in [0.2, 0.25) is 0 Å². The quantitative estimate of drug-likeness (QED) is 0.0343. The van der Waals surface area contributed by atoms with Crippen LogP contribution in [0.3, 0.4) is 0 Å². The van der Waals surface area contributed by atoms with Gasteiger partial charge in [-0.05, 0) is 71.4 Å². The van der Waals surface area contributed by atoms with Crippen LogP contribution in [0.25, 0.3) is 0 Å². The van der Waals surface area contributed by atoms with E-state index >= 15 is 0 Å². The smallest absolute Gasteiger partial charge is 0.542 e. The molecule has 2 fully saturated rings. The molecule has 0 saturated carbocycles. The predicted molar refractivity (Wildman–Crippen MR) is 233 cm³/mol. The molecule has 0 bridgehead atoms. The summed E-state index contributed by atoms with van der Waals surface area (Å²) in [7, 11) is 0. The summed E-state index contributed by atoms with van der Waals surface area (Å²) < 4.78 is 17.7. The third-order valence-corrected chi connectivity index (χ3v) is 11.3. The van der Waals surface area contributed by atoms with E-state index in [4.69, 9.17) is 14.2 Å². The first-order valence-electron chi connectivity index (χ1n) is 24.2. The molecule has 2 aliphatic rings. The molecule has 8 heteroatoms. The van der Waals surface area contributed by atoms with Gasteiger partial charge in [0.1, 0.15) is 0 Å². The Kier molecular flexibility index (Phi) is 46.1. The number of carbonyl (C=O) groups excluding carboxylic acids is 2. The molecular formula is C48H92N2O5U. The van der Waals surface area contributed by atoms with E-state index in [9.17, 15) is 9.59 Å². The van der Waals surface area contributed by atoms with Crippen molar-refractivity contribution in [2.45, 2.75) is 225 Å². The Labute approximate surface area is 372 Å². The molecule has 1 atom stereocenters. The Morgan fingerprint density at radius 3 is 1.34 bits per heavy atom. The van der Waals surface area contributed by atoms with Crippen molar-refractivity contribution in [3.8, 4) is 0 Å². The fourth-order valence-corrected chi connectivity index (χ4v) is 7.31. The van der Waals surface area contributed by atoms with Gasteiger partial charge in [-0.2, -0.15) is 6.42 Å². The van der Waals surface area contributed by atoms with Gasteiger partial charge in [0.25, 0.3) is 0 Å². The summed E-state index contributed by atoms with van der Waals surface area (Å²) in [6, 6.07) is 0. The summed E-state index contributed by atoms with van der Waals surface area (Å²) >= 11 is 0. The Bertz CT molecular complexity index is 798. The van der Waals surface area contributed by atoms with Gasteiger partial charge in [0, 0.05) is 25.7 Å². The van der Waals surface area contributed by atoms with Crippen molar-refractivity contribution in [3.05, 3.63) is 6.42 Å². The summed E-state index contributed by atoms with van der Waals surface area (Å²) in [4.78, 5) is 27.0. The molecule has 1 unspecified atom stereocenters. The maximum Gasteiger partial charge on any atom is 2.00 e. The first-order valence-corrected chi connectivity index (χ1v) is 24.2. The normalized spacial score (nSPS) is 14.6. The van der Waals surface area contributed by atoms with E-state index in [2.05, 4.69) is 23.6 Å². The summed E-state index contributed by atoms with van der Waals surface area (Å²) in [5, 5.41) is 0. The van der Waals surface area contributed by atoms with Crippen LogP contribution < -0.4 is 0 Å². The van der Waals surface area contributed by atoms with Gasteiger partial charge in [0.2, 0.25) is 0 Å². The van der Waals surface area contributed by atoms with E-state index in [1.807, 2.05) is 12.7 Å². The largest absolute Gasteiger partial charge is 2.00 e. The molecule has 7 nitrogen and oxygen atoms in total. The van der Waals surface area contributed by atoms with Gasteiger partial charge in [-0.15, -0.1) is 0 Å². The van der Waals surface area contributed by atoms with Crippen molar-refractivity contribution in [1.29, 1.82) is 0 Å².